The summed E-state index contributed by atoms with van der Waals surface area (Å²) >= 11 is 10.1. The molecule has 88 valence electrons. The first kappa shape index (κ1) is 12.2. The Balaban J connectivity index is 2.31. The minimum atomic E-state index is -0.529. The number of nitrogens with zero attached hydrogens (tertiary/aromatic N) is 3. The molecular weight excluding hydrogens is 334 g/mol. The smallest absolute Gasteiger partial charge is 0.300 e. The van der Waals surface area contributed by atoms with Gasteiger partial charge in [-0.25, -0.2) is 0 Å². The molecule has 0 bridgehead atoms. The van der Waals surface area contributed by atoms with Crippen LogP contribution < -0.4 is 4.74 Å². The van der Waals surface area contributed by atoms with Gasteiger partial charge in [-0.15, -0.1) is 5.10 Å². The molecule has 1 heterocycles. The van der Waals surface area contributed by atoms with Gasteiger partial charge in [-0.05, 0) is 33.3 Å². The van der Waals surface area contributed by atoms with E-state index in [2.05, 4.69) is 26.1 Å². The Morgan fingerprint density at radius 3 is 2.82 bits per heavy atom. The highest BCUT2D eigenvalue weighted by Gasteiger charge is 2.13. The number of benzene rings is 1. The third-order valence-corrected chi connectivity index (χ3v) is 3.25. The predicted octanol–water partition coefficient (Wildman–Crippen LogP) is 3.65. The van der Waals surface area contributed by atoms with Crippen molar-refractivity contribution in [1.29, 1.82) is 0 Å². The lowest BCUT2D eigenvalue weighted by Gasteiger charge is -2.02. The Labute approximate surface area is 112 Å². The second-order valence-corrected chi connectivity index (χ2v) is 5.42. The fourth-order valence-electron chi connectivity index (χ4n) is 1.01. The molecule has 0 aliphatic rings. The Morgan fingerprint density at radius 1 is 1.47 bits per heavy atom. The van der Waals surface area contributed by atoms with Crippen LogP contribution in [0.25, 0.3) is 0 Å². The van der Waals surface area contributed by atoms with E-state index in [1.165, 1.54) is 18.2 Å². The molecule has 2 aromatic rings. The van der Waals surface area contributed by atoms with Crippen molar-refractivity contribution in [1.82, 2.24) is 10.2 Å². The molecule has 1 aromatic carbocycles. The van der Waals surface area contributed by atoms with Crippen molar-refractivity contribution in [2.75, 3.05) is 0 Å². The molecule has 0 saturated carbocycles. The van der Waals surface area contributed by atoms with E-state index in [4.69, 9.17) is 16.3 Å². The number of rotatable bonds is 3. The standard InChI is InChI=1S/C8H3BrClN3O3S/c9-7-11-12-8(17-7)16-6-3-4(13(14)15)1-2-5(6)10/h1-3H. The molecule has 0 aliphatic carbocycles. The average Bonchev–Trinajstić information content (AvgIpc) is 2.67. The predicted molar refractivity (Wildman–Crippen MR) is 65.8 cm³/mol. The maximum absolute atomic E-state index is 10.6. The van der Waals surface area contributed by atoms with E-state index in [0.29, 0.717) is 3.92 Å². The van der Waals surface area contributed by atoms with Gasteiger partial charge in [0.25, 0.3) is 10.9 Å². The van der Waals surface area contributed by atoms with Crippen molar-refractivity contribution in [3.8, 4) is 10.9 Å². The highest BCUT2D eigenvalue weighted by molar-refractivity contribution is 9.11. The lowest BCUT2D eigenvalue weighted by Crippen LogP contribution is -1.90. The zero-order valence-electron chi connectivity index (χ0n) is 7.96. The van der Waals surface area contributed by atoms with E-state index in [-0.39, 0.29) is 21.7 Å². The van der Waals surface area contributed by atoms with Crippen molar-refractivity contribution in [2.24, 2.45) is 0 Å². The summed E-state index contributed by atoms with van der Waals surface area (Å²) in [5, 5.41) is 18.5. The second kappa shape index (κ2) is 4.94. The highest BCUT2D eigenvalue weighted by Crippen LogP contribution is 2.34. The van der Waals surface area contributed by atoms with Crippen LogP contribution in [0, 0.1) is 10.1 Å². The van der Waals surface area contributed by atoms with Crippen LogP contribution in [-0.2, 0) is 0 Å². The first-order valence-electron chi connectivity index (χ1n) is 4.17. The van der Waals surface area contributed by atoms with Crippen LogP contribution in [-0.4, -0.2) is 15.1 Å². The topological polar surface area (TPSA) is 78.2 Å². The van der Waals surface area contributed by atoms with Crippen LogP contribution in [0.2, 0.25) is 5.02 Å². The van der Waals surface area contributed by atoms with E-state index in [0.717, 1.165) is 11.3 Å². The van der Waals surface area contributed by atoms with E-state index in [1.807, 2.05) is 0 Å². The van der Waals surface area contributed by atoms with Crippen LogP contribution in [0.1, 0.15) is 0 Å². The van der Waals surface area contributed by atoms with Gasteiger partial charge in [0.15, 0.2) is 9.67 Å². The molecule has 0 saturated heterocycles. The summed E-state index contributed by atoms with van der Waals surface area (Å²) in [6.07, 6.45) is 0. The number of aromatic nitrogens is 2. The van der Waals surface area contributed by atoms with Gasteiger partial charge < -0.3 is 4.74 Å². The van der Waals surface area contributed by atoms with Gasteiger partial charge >= 0.3 is 0 Å². The number of nitro benzene ring substituents is 1. The molecule has 17 heavy (non-hydrogen) atoms. The van der Waals surface area contributed by atoms with E-state index in [1.54, 1.807) is 0 Å². The largest absolute Gasteiger partial charge is 0.428 e. The van der Waals surface area contributed by atoms with Crippen molar-refractivity contribution >= 4 is 44.6 Å². The van der Waals surface area contributed by atoms with Crippen LogP contribution in [0.15, 0.2) is 22.1 Å². The Morgan fingerprint density at radius 2 is 2.24 bits per heavy atom. The minimum Gasteiger partial charge on any atom is -0.428 e. The lowest BCUT2D eigenvalue weighted by atomic mass is 10.3. The molecule has 0 spiro atoms. The van der Waals surface area contributed by atoms with E-state index < -0.39 is 4.92 Å². The summed E-state index contributed by atoms with van der Waals surface area (Å²) in [6, 6.07) is 3.92. The molecule has 0 fully saturated rings. The fourth-order valence-corrected chi connectivity index (χ4v) is 2.10. The number of halogens is 2. The number of non-ortho nitro benzene ring substituents is 1. The maximum Gasteiger partial charge on any atom is 0.300 e. The van der Waals surface area contributed by atoms with Gasteiger partial charge in [-0.2, -0.15) is 0 Å². The first-order valence-corrected chi connectivity index (χ1v) is 6.16. The Hall–Kier alpha value is -1.25. The SMILES string of the molecule is O=[N+]([O-])c1ccc(Cl)c(Oc2nnc(Br)s2)c1. The van der Waals surface area contributed by atoms with Crippen molar-refractivity contribution < 1.29 is 9.66 Å². The zero-order valence-corrected chi connectivity index (χ0v) is 11.1. The van der Waals surface area contributed by atoms with Crippen molar-refractivity contribution in [2.45, 2.75) is 0 Å². The van der Waals surface area contributed by atoms with Crippen molar-refractivity contribution in [3.63, 3.8) is 0 Å². The third-order valence-electron chi connectivity index (χ3n) is 1.70. The molecule has 0 amide bonds. The van der Waals surface area contributed by atoms with Crippen LogP contribution in [0.5, 0.6) is 10.9 Å². The average molecular weight is 337 g/mol. The lowest BCUT2D eigenvalue weighted by molar-refractivity contribution is -0.384. The number of hydrogen-bond acceptors (Lipinski definition) is 6. The molecule has 6 nitrogen and oxygen atoms in total. The quantitative estimate of drug-likeness (QED) is 0.631. The minimum absolute atomic E-state index is 0.104. The van der Waals surface area contributed by atoms with E-state index >= 15 is 0 Å². The van der Waals surface area contributed by atoms with Gasteiger partial charge in [0.05, 0.1) is 16.0 Å². The summed E-state index contributed by atoms with van der Waals surface area (Å²) in [6.45, 7) is 0. The normalized spacial score (nSPS) is 10.2. The summed E-state index contributed by atoms with van der Waals surface area (Å²) < 4.78 is 5.85. The molecule has 0 atom stereocenters. The number of nitro groups is 1. The molecule has 0 unspecified atom stereocenters. The summed E-state index contributed by atoms with van der Waals surface area (Å²) in [5.74, 6) is 0.171. The molecule has 9 heteroatoms. The maximum atomic E-state index is 10.6. The zero-order chi connectivity index (χ0) is 12.4. The van der Waals surface area contributed by atoms with Gasteiger partial charge in [-0.3, -0.25) is 10.1 Å². The Bertz CT molecular complexity index is 577. The molecule has 0 radical (unpaired) electrons. The monoisotopic (exact) mass is 335 g/mol. The molecule has 1 aromatic heterocycles. The number of ether oxygens (including phenoxy) is 1. The summed E-state index contributed by atoms with van der Waals surface area (Å²) in [4.78, 5) is 10.1. The van der Waals surface area contributed by atoms with Crippen LogP contribution in [0.3, 0.4) is 0 Å². The molecule has 0 N–H and O–H groups in total. The highest BCUT2D eigenvalue weighted by atomic mass is 79.9. The first-order chi connectivity index (χ1) is 8.06. The molecule has 2 rings (SSSR count). The van der Waals surface area contributed by atoms with Gasteiger partial charge in [0, 0.05) is 6.07 Å². The number of hydrogen-bond donors (Lipinski definition) is 0. The third kappa shape index (κ3) is 2.90. The van der Waals surface area contributed by atoms with Gasteiger partial charge in [-0.1, -0.05) is 16.7 Å². The van der Waals surface area contributed by atoms with Crippen LogP contribution >= 0.6 is 38.9 Å². The van der Waals surface area contributed by atoms with Gasteiger partial charge in [0.2, 0.25) is 0 Å². The second-order valence-electron chi connectivity index (χ2n) is 2.79. The molecular formula is C8H3BrClN3O3S. The fraction of sp³-hybridized carbons (Fsp3) is 0. The van der Waals surface area contributed by atoms with E-state index in [9.17, 15) is 10.1 Å². The van der Waals surface area contributed by atoms with Crippen LogP contribution in [0.4, 0.5) is 5.69 Å². The summed E-state index contributed by atoms with van der Waals surface area (Å²) in [7, 11) is 0. The molecule has 0 aliphatic heterocycles. The summed E-state index contributed by atoms with van der Waals surface area (Å²) in [5.41, 5.74) is -0.104. The van der Waals surface area contributed by atoms with Crippen molar-refractivity contribution in [3.05, 3.63) is 37.3 Å². The Kier molecular flexibility index (Phi) is 3.55. The van der Waals surface area contributed by atoms with Gasteiger partial charge in [0.1, 0.15) is 0 Å².